The molecule has 8 heteroatoms. The van der Waals surface area contributed by atoms with Crippen molar-refractivity contribution in [2.45, 2.75) is 11.9 Å². The van der Waals surface area contributed by atoms with Gasteiger partial charge >= 0.3 is 5.69 Å². The predicted molar refractivity (Wildman–Crippen MR) is 96.9 cm³/mol. The lowest BCUT2D eigenvalue weighted by atomic mass is 10.2. The van der Waals surface area contributed by atoms with E-state index >= 15 is 0 Å². The van der Waals surface area contributed by atoms with Crippen LogP contribution in [0.15, 0.2) is 38.9 Å². The van der Waals surface area contributed by atoms with Crippen LogP contribution >= 0.6 is 23.4 Å². The molecule has 3 rings (SSSR count). The van der Waals surface area contributed by atoms with Crippen molar-refractivity contribution in [1.29, 1.82) is 0 Å². The Bertz CT molecular complexity index is 1040. The van der Waals surface area contributed by atoms with Crippen LogP contribution in [0.25, 0.3) is 22.4 Å². The first-order chi connectivity index (χ1) is 11.4. The van der Waals surface area contributed by atoms with Crippen molar-refractivity contribution in [2.24, 2.45) is 14.1 Å². The molecule has 0 amide bonds. The Morgan fingerprint density at radius 3 is 2.38 bits per heavy atom. The lowest BCUT2D eigenvalue weighted by Crippen LogP contribution is -2.37. The number of fused-ring (bicyclic) bond motifs is 1. The van der Waals surface area contributed by atoms with Crippen molar-refractivity contribution in [2.75, 3.05) is 5.75 Å². The third-order valence-corrected chi connectivity index (χ3v) is 4.76. The zero-order valence-corrected chi connectivity index (χ0v) is 15.0. The Morgan fingerprint density at radius 1 is 1.08 bits per heavy atom. The molecule has 0 saturated heterocycles. The van der Waals surface area contributed by atoms with Crippen molar-refractivity contribution in [3.05, 3.63) is 50.1 Å². The second kappa shape index (κ2) is 6.41. The fraction of sp³-hybridized carbons (Fsp3) is 0.250. The topological polar surface area (TPSA) is 69.8 Å². The van der Waals surface area contributed by atoms with Gasteiger partial charge in [0.15, 0.2) is 11.5 Å². The van der Waals surface area contributed by atoms with Crippen LogP contribution in [0, 0.1) is 0 Å². The second-order valence-electron chi connectivity index (χ2n) is 5.20. The molecule has 0 aliphatic rings. The molecule has 6 nitrogen and oxygen atoms in total. The summed E-state index contributed by atoms with van der Waals surface area (Å²) in [5.41, 5.74) is 0.304. The van der Waals surface area contributed by atoms with Crippen LogP contribution in [0.4, 0.5) is 0 Å². The summed E-state index contributed by atoms with van der Waals surface area (Å²) in [6.07, 6.45) is 0. The maximum Gasteiger partial charge on any atom is 0.332 e. The standard InChI is InChI=1S/C16H15ClN4O2S/c1-4-24-14-11-13(20(2)16(23)21(3)15(11)22)18-12(19-14)9-5-7-10(17)8-6-9/h5-8H,4H2,1-3H3. The minimum Gasteiger partial charge on any atom is -0.280 e. The predicted octanol–water partition coefficient (Wildman–Crippen LogP) is 2.46. The molecule has 0 N–H and O–H groups in total. The van der Waals surface area contributed by atoms with Crippen molar-refractivity contribution in [1.82, 2.24) is 19.1 Å². The lowest BCUT2D eigenvalue weighted by molar-refractivity contribution is 0.703. The van der Waals surface area contributed by atoms with Crippen LogP contribution in [-0.2, 0) is 14.1 Å². The van der Waals surface area contributed by atoms with E-state index in [0.717, 1.165) is 15.9 Å². The Labute approximate surface area is 147 Å². The van der Waals surface area contributed by atoms with E-state index in [-0.39, 0.29) is 5.56 Å². The highest BCUT2D eigenvalue weighted by atomic mass is 35.5. The van der Waals surface area contributed by atoms with Gasteiger partial charge in [-0.1, -0.05) is 18.5 Å². The van der Waals surface area contributed by atoms with Crippen LogP contribution in [0.1, 0.15) is 6.92 Å². The van der Waals surface area contributed by atoms with E-state index in [1.54, 1.807) is 19.2 Å². The van der Waals surface area contributed by atoms with Crippen LogP contribution in [0.2, 0.25) is 5.02 Å². The molecule has 24 heavy (non-hydrogen) atoms. The number of halogens is 1. The SMILES string of the molecule is CCSc1nc(-c2ccc(Cl)cc2)nc2c1c(=O)n(C)c(=O)n2C. The number of hydrogen-bond acceptors (Lipinski definition) is 5. The molecule has 0 saturated carbocycles. The van der Waals surface area contributed by atoms with E-state index in [0.29, 0.717) is 26.9 Å². The molecule has 3 aromatic rings. The Kier molecular flexibility index (Phi) is 4.47. The van der Waals surface area contributed by atoms with Gasteiger partial charge in [-0.2, -0.15) is 0 Å². The van der Waals surface area contributed by atoms with Crippen LogP contribution < -0.4 is 11.2 Å². The van der Waals surface area contributed by atoms with Crippen molar-refractivity contribution in [3.63, 3.8) is 0 Å². The first-order valence-electron chi connectivity index (χ1n) is 7.30. The van der Waals surface area contributed by atoms with Crippen LogP contribution in [0.5, 0.6) is 0 Å². The first-order valence-corrected chi connectivity index (χ1v) is 8.67. The van der Waals surface area contributed by atoms with Gasteiger partial charge in [-0.05, 0) is 30.0 Å². The van der Waals surface area contributed by atoms with Gasteiger partial charge in [0.05, 0.1) is 0 Å². The summed E-state index contributed by atoms with van der Waals surface area (Å²) < 4.78 is 2.45. The van der Waals surface area contributed by atoms with Crippen molar-refractivity contribution in [3.8, 4) is 11.4 Å². The quantitative estimate of drug-likeness (QED) is 0.528. The molecule has 0 spiro atoms. The van der Waals surface area contributed by atoms with Gasteiger partial charge in [-0.15, -0.1) is 11.8 Å². The monoisotopic (exact) mass is 362 g/mol. The van der Waals surface area contributed by atoms with Gasteiger partial charge in [-0.25, -0.2) is 14.8 Å². The number of benzene rings is 1. The average Bonchev–Trinajstić information content (AvgIpc) is 2.58. The maximum absolute atomic E-state index is 12.5. The molecule has 1 aromatic carbocycles. The highest BCUT2D eigenvalue weighted by molar-refractivity contribution is 7.99. The van der Waals surface area contributed by atoms with E-state index in [4.69, 9.17) is 11.6 Å². The van der Waals surface area contributed by atoms with Crippen molar-refractivity contribution < 1.29 is 0 Å². The molecule has 0 atom stereocenters. The lowest BCUT2D eigenvalue weighted by Gasteiger charge is -2.11. The third-order valence-electron chi connectivity index (χ3n) is 3.65. The number of aromatic nitrogens is 4. The van der Waals surface area contributed by atoms with Crippen LogP contribution in [-0.4, -0.2) is 24.9 Å². The van der Waals surface area contributed by atoms with E-state index < -0.39 is 5.69 Å². The highest BCUT2D eigenvalue weighted by Crippen LogP contribution is 2.26. The van der Waals surface area contributed by atoms with Gasteiger partial charge in [0.1, 0.15) is 10.4 Å². The second-order valence-corrected chi connectivity index (χ2v) is 6.89. The molecule has 0 unspecified atom stereocenters. The van der Waals surface area contributed by atoms with E-state index in [9.17, 15) is 9.59 Å². The zero-order valence-electron chi connectivity index (χ0n) is 13.4. The number of nitrogens with zero attached hydrogens (tertiary/aromatic N) is 4. The van der Waals surface area contributed by atoms with Gasteiger partial charge < -0.3 is 0 Å². The average molecular weight is 363 g/mol. The first kappa shape index (κ1) is 16.7. The Hall–Kier alpha value is -2.12. The number of thioether (sulfide) groups is 1. The smallest absolute Gasteiger partial charge is 0.280 e. The molecule has 0 bridgehead atoms. The summed E-state index contributed by atoms with van der Waals surface area (Å²) >= 11 is 7.37. The molecule has 2 aromatic heterocycles. The normalized spacial score (nSPS) is 11.2. The molecular weight excluding hydrogens is 348 g/mol. The van der Waals surface area contributed by atoms with Gasteiger partial charge in [0, 0.05) is 24.7 Å². The largest absolute Gasteiger partial charge is 0.332 e. The molecule has 0 aliphatic carbocycles. The van der Waals surface area contributed by atoms with Crippen LogP contribution in [0.3, 0.4) is 0 Å². The minimum absolute atomic E-state index is 0.332. The van der Waals surface area contributed by atoms with E-state index in [1.165, 1.54) is 23.4 Å². The fourth-order valence-electron chi connectivity index (χ4n) is 2.40. The Morgan fingerprint density at radius 2 is 1.75 bits per heavy atom. The third kappa shape index (κ3) is 2.74. The molecule has 2 heterocycles. The summed E-state index contributed by atoms with van der Waals surface area (Å²) in [6.45, 7) is 1.98. The molecule has 0 fully saturated rings. The minimum atomic E-state index is -0.416. The zero-order chi connectivity index (χ0) is 17.4. The highest BCUT2D eigenvalue weighted by Gasteiger charge is 2.17. The van der Waals surface area contributed by atoms with Gasteiger partial charge in [0.2, 0.25) is 0 Å². The maximum atomic E-state index is 12.5. The number of rotatable bonds is 3. The van der Waals surface area contributed by atoms with E-state index in [2.05, 4.69) is 9.97 Å². The van der Waals surface area contributed by atoms with Gasteiger partial charge in [0.25, 0.3) is 5.56 Å². The molecule has 0 aliphatic heterocycles. The molecule has 0 radical (unpaired) electrons. The van der Waals surface area contributed by atoms with Gasteiger partial charge in [-0.3, -0.25) is 13.9 Å². The summed E-state index contributed by atoms with van der Waals surface area (Å²) in [5, 5.41) is 1.55. The summed E-state index contributed by atoms with van der Waals surface area (Å²) in [7, 11) is 3.06. The summed E-state index contributed by atoms with van der Waals surface area (Å²) in [6, 6.07) is 7.12. The van der Waals surface area contributed by atoms with Crippen molar-refractivity contribution >= 4 is 34.4 Å². The molecular formula is C16H15ClN4O2S. The summed E-state index contributed by atoms with van der Waals surface area (Å²) in [4.78, 5) is 33.7. The number of hydrogen-bond donors (Lipinski definition) is 0. The number of aryl methyl sites for hydroxylation is 1. The molecule has 124 valence electrons. The van der Waals surface area contributed by atoms with E-state index in [1.807, 2.05) is 19.1 Å². The fourth-order valence-corrected chi connectivity index (χ4v) is 3.27. The summed E-state index contributed by atoms with van der Waals surface area (Å²) in [5.74, 6) is 1.21. The Balaban J connectivity index is 2.41.